The van der Waals surface area contributed by atoms with Crippen LogP contribution >= 0.6 is 0 Å². The zero-order valence-electron chi connectivity index (χ0n) is 14.9. The number of unbranched alkanes of at least 4 members (excludes halogenated alkanes) is 1. The van der Waals surface area contributed by atoms with Crippen molar-refractivity contribution in [3.05, 3.63) is 28.8 Å². The molecular weight excluding hydrogens is 308 g/mol. The lowest BCUT2D eigenvalue weighted by molar-refractivity contribution is 0.0944. The molecule has 132 valence electrons. The van der Waals surface area contributed by atoms with Crippen LogP contribution in [0.25, 0.3) is 0 Å². The molecule has 2 rings (SSSR count). The second-order valence-electron chi connectivity index (χ2n) is 5.80. The Bertz CT molecular complexity index is 675. The van der Waals surface area contributed by atoms with Gasteiger partial charge in [0.1, 0.15) is 18.1 Å². The minimum absolute atomic E-state index is 0.147. The maximum atomic E-state index is 12.0. The highest BCUT2D eigenvalue weighted by molar-refractivity contribution is 5.92. The smallest absolute Gasteiger partial charge is 0.269 e. The molecule has 1 amide bonds. The predicted octanol–water partition coefficient (Wildman–Crippen LogP) is 2.78. The Kier molecular flexibility index (Phi) is 6.40. The molecule has 2 aromatic heterocycles. The van der Waals surface area contributed by atoms with Crippen LogP contribution in [0.3, 0.4) is 0 Å². The number of nitrogens with one attached hydrogen (secondary N) is 1. The fourth-order valence-electron chi connectivity index (χ4n) is 2.36. The molecule has 0 spiro atoms. The van der Waals surface area contributed by atoms with E-state index in [4.69, 9.17) is 9.26 Å². The van der Waals surface area contributed by atoms with E-state index >= 15 is 0 Å². The van der Waals surface area contributed by atoms with Crippen molar-refractivity contribution in [2.75, 3.05) is 6.54 Å². The van der Waals surface area contributed by atoms with Crippen LogP contribution in [0.15, 0.2) is 10.6 Å². The van der Waals surface area contributed by atoms with Crippen LogP contribution < -0.4 is 10.1 Å². The van der Waals surface area contributed by atoms with E-state index in [1.165, 1.54) is 4.68 Å². The lowest BCUT2D eigenvalue weighted by atomic mass is 10.1. The van der Waals surface area contributed by atoms with Crippen LogP contribution in [0, 0.1) is 6.92 Å². The number of rotatable bonds is 9. The molecule has 2 aromatic rings. The van der Waals surface area contributed by atoms with Crippen LogP contribution in [0.5, 0.6) is 5.88 Å². The topological polar surface area (TPSA) is 82.2 Å². The van der Waals surface area contributed by atoms with E-state index < -0.39 is 0 Å². The van der Waals surface area contributed by atoms with Crippen molar-refractivity contribution in [1.29, 1.82) is 0 Å². The van der Waals surface area contributed by atoms with Gasteiger partial charge in [-0.25, -0.2) is 0 Å². The highest BCUT2D eigenvalue weighted by Gasteiger charge is 2.16. The van der Waals surface area contributed by atoms with E-state index in [2.05, 4.69) is 22.5 Å². The minimum Gasteiger partial charge on any atom is -0.472 e. The van der Waals surface area contributed by atoms with Gasteiger partial charge < -0.3 is 14.6 Å². The molecule has 0 unspecified atom stereocenters. The van der Waals surface area contributed by atoms with E-state index in [0.717, 1.165) is 42.7 Å². The molecule has 0 bridgehead atoms. The zero-order valence-corrected chi connectivity index (χ0v) is 14.9. The third-order valence-electron chi connectivity index (χ3n) is 3.82. The molecule has 0 radical (unpaired) electrons. The third kappa shape index (κ3) is 4.37. The number of ether oxygens (including phenoxy) is 1. The molecule has 0 fully saturated rings. The molecule has 0 aliphatic heterocycles. The maximum absolute atomic E-state index is 12.0. The van der Waals surface area contributed by atoms with E-state index in [-0.39, 0.29) is 5.91 Å². The van der Waals surface area contributed by atoms with Crippen LogP contribution in [0.2, 0.25) is 0 Å². The standard InChI is InChI=1S/C17H26N4O3/c1-5-7-8-14-13(12(3)24-20-14)11-23-16-10-15(21(4)19-16)17(22)18-9-6-2/h10H,5-9,11H2,1-4H3,(H,18,22). The van der Waals surface area contributed by atoms with E-state index in [0.29, 0.717) is 24.7 Å². The van der Waals surface area contributed by atoms with Crippen LogP contribution in [0.1, 0.15) is 60.6 Å². The molecule has 24 heavy (non-hydrogen) atoms. The lowest BCUT2D eigenvalue weighted by Crippen LogP contribution is -2.26. The average molecular weight is 334 g/mol. The molecule has 0 atom stereocenters. The zero-order chi connectivity index (χ0) is 17.5. The SMILES string of the molecule is CCCCc1noc(C)c1COc1cc(C(=O)NCCC)n(C)n1. The molecule has 0 saturated heterocycles. The van der Waals surface area contributed by atoms with Gasteiger partial charge in [0.05, 0.1) is 11.3 Å². The molecule has 0 aliphatic rings. The summed E-state index contributed by atoms with van der Waals surface area (Å²) in [5.74, 6) is 1.03. The van der Waals surface area contributed by atoms with Gasteiger partial charge in [-0.2, -0.15) is 0 Å². The largest absolute Gasteiger partial charge is 0.472 e. The number of aromatic nitrogens is 3. The van der Waals surface area contributed by atoms with Gasteiger partial charge in [0.2, 0.25) is 5.88 Å². The molecule has 7 nitrogen and oxygen atoms in total. The summed E-state index contributed by atoms with van der Waals surface area (Å²) in [6.07, 6.45) is 3.92. The minimum atomic E-state index is -0.147. The summed E-state index contributed by atoms with van der Waals surface area (Å²) in [6.45, 7) is 7.00. The Labute approximate surface area is 142 Å². The number of nitrogens with zero attached hydrogens (tertiary/aromatic N) is 3. The second-order valence-corrected chi connectivity index (χ2v) is 5.80. The number of carbonyl (C=O) groups excluding carboxylic acids is 1. The van der Waals surface area contributed by atoms with E-state index in [1.807, 2.05) is 13.8 Å². The molecule has 0 aliphatic carbocycles. The normalized spacial score (nSPS) is 10.8. The Balaban J connectivity index is 2.02. The number of hydrogen-bond donors (Lipinski definition) is 1. The number of aryl methyl sites for hydroxylation is 3. The van der Waals surface area contributed by atoms with Gasteiger partial charge in [0.25, 0.3) is 5.91 Å². The fraction of sp³-hybridized carbons (Fsp3) is 0.588. The summed E-state index contributed by atoms with van der Waals surface area (Å²) in [5, 5.41) is 11.2. The second kappa shape index (κ2) is 8.52. The summed E-state index contributed by atoms with van der Waals surface area (Å²) in [6, 6.07) is 1.65. The Hall–Kier alpha value is -2.31. The number of carbonyl (C=O) groups is 1. The molecule has 7 heteroatoms. The Morgan fingerprint density at radius 1 is 1.38 bits per heavy atom. The molecule has 1 N–H and O–H groups in total. The summed E-state index contributed by atoms with van der Waals surface area (Å²) >= 11 is 0. The first-order valence-electron chi connectivity index (χ1n) is 8.45. The van der Waals surface area contributed by atoms with E-state index in [9.17, 15) is 4.79 Å². The first kappa shape index (κ1) is 18.0. The monoisotopic (exact) mass is 334 g/mol. The van der Waals surface area contributed by atoms with Gasteiger partial charge in [-0.15, -0.1) is 5.10 Å². The Morgan fingerprint density at radius 2 is 2.17 bits per heavy atom. The predicted molar refractivity (Wildman–Crippen MR) is 90.0 cm³/mol. The first-order valence-corrected chi connectivity index (χ1v) is 8.45. The number of amides is 1. The summed E-state index contributed by atoms with van der Waals surface area (Å²) in [7, 11) is 1.73. The van der Waals surface area contributed by atoms with Crippen LogP contribution in [-0.4, -0.2) is 27.4 Å². The summed E-state index contributed by atoms with van der Waals surface area (Å²) in [4.78, 5) is 12.0. The highest BCUT2D eigenvalue weighted by Crippen LogP contribution is 2.19. The van der Waals surface area contributed by atoms with Crippen molar-refractivity contribution in [3.8, 4) is 5.88 Å². The molecule has 0 aromatic carbocycles. The van der Waals surface area contributed by atoms with Gasteiger partial charge in [0.15, 0.2) is 0 Å². The van der Waals surface area contributed by atoms with Gasteiger partial charge in [-0.1, -0.05) is 25.4 Å². The van der Waals surface area contributed by atoms with E-state index in [1.54, 1.807) is 13.1 Å². The maximum Gasteiger partial charge on any atom is 0.269 e. The van der Waals surface area contributed by atoms with Crippen LogP contribution in [0.4, 0.5) is 0 Å². The van der Waals surface area contributed by atoms with Crippen molar-refractivity contribution in [3.63, 3.8) is 0 Å². The van der Waals surface area contributed by atoms with Crippen molar-refractivity contribution in [2.24, 2.45) is 7.05 Å². The molecular formula is C17H26N4O3. The van der Waals surface area contributed by atoms with Crippen molar-refractivity contribution >= 4 is 5.91 Å². The quantitative estimate of drug-likeness (QED) is 0.762. The number of hydrogen-bond acceptors (Lipinski definition) is 5. The third-order valence-corrected chi connectivity index (χ3v) is 3.82. The highest BCUT2D eigenvalue weighted by atomic mass is 16.5. The van der Waals surface area contributed by atoms with Crippen molar-refractivity contribution < 1.29 is 14.1 Å². The van der Waals surface area contributed by atoms with Crippen molar-refractivity contribution in [1.82, 2.24) is 20.3 Å². The summed E-state index contributed by atoms with van der Waals surface area (Å²) in [5.41, 5.74) is 2.38. The van der Waals surface area contributed by atoms with Gasteiger partial charge in [-0.05, 0) is 26.2 Å². The summed E-state index contributed by atoms with van der Waals surface area (Å²) < 4.78 is 12.6. The Morgan fingerprint density at radius 3 is 2.88 bits per heavy atom. The van der Waals surface area contributed by atoms with Gasteiger partial charge in [0, 0.05) is 19.7 Å². The first-order chi connectivity index (χ1) is 11.6. The lowest BCUT2D eigenvalue weighted by Gasteiger charge is -2.03. The van der Waals surface area contributed by atoms with Crippen LogP contribution in [-0.2, 0) is 20.1 Å². The van der Waals surface area contributed by atoms with Crippen molar-refractivity contribution in [2.45, 2.75) is 53.1 Å². The molecule has 0 saturated carbocycles. The molecule has 2 heterocycles. The van der Waals surface area contributed by atoms with Gasteiger partial charge in [-0.3, -0.25) is 9.48 Å². The average Bonchev–Trinajstić information content (AvgIpc) is 3.11. The fourth-order valence-corrected chi connectivity index (χ4v) is 2.36. The van der Waals surface area contributed by atoms with Gasteiger partial charge >= 0.3 is 0 Å².